The van der Waals surface area contributed by atoms with Crippen LogP contribution in [0.1, 0.15) is 12.5 Å². The number of rotatable bonds is 8. The van der Waals surface area contributed by atoms with Crippen molar-refractivity contribution in [2.24, 2.45) is 0 Å². The molecule has 164 valence electrons. The summed E-state index contributed by atoms with van der Waals surface area (Å²) in [6.07, 6.45) is 0. The summed E-state index contributed by atoms with van der Waals surface area (Å²) < 4.78 is 62.1. The Morgan fingerprint density at radius 2 is 1.45 bits per heavy atom. The lowest BCUT2D eigenvalue weighted by Crippen LogP contribution is -2.16. The number of halogens is 1. The molecule has 0 aliphatic rings. The molecular weight excluding hydrogens is 504 g/mol. The van der Waals surface area contributed by atoms with Crippen molar-refractivity contribution < 1.29 is 21.6 Å². The Morgan fingerprint density at radius 3 is 2.10 bits per heavy atom. The summed E-state index contributed by atoms with van der Waals surface area (Å²) >= 11 is 3.36. The predicted molar refractivity (Wildman–Crippen MR) is 125 cm³/mol. The van der Waals surface area contributed by atoms with Crippen LogP contribution in [0, 0.1) is 6.92 Å². The lowest BCUT2D eigenvalue weighted by Gasteiger charge is -2.14. The molecule has 0 atom stereocenters. The maximum atomic E-state index is 13.0. The number of sulfonamides is 2. The zero-order chi connectivity index (χ0) is 22.6. The van der Waals surface area contributed by atoms with Gasteiger partial charge in [0.2, 0.25) is 0 Å². The highest BCUT2D eigenvalue weighted by Crippen LogP contribution is 2.30. The average Bonchev–Trinajstić information content (AvgIpc) is 2.72. The molecule has 7 nitrogen and oxygen atoms in total. The van der Waals surface area contributed by atoms with E-state index in [1.54, 1.807) is 49.4 Å². The van der Waals surface area contributed by atoms with Crippen LogP contribution in [0.25, 0.3) is 0 Å². The van der Waals surface area contributed by atoms with E-state index >= 15 is 0 Å². The van der Waals surface area contributed by atoms with Crippen LogP contribution in [0.2, 0.25) is 0 Å². The number of benzene rings is 3. The fourth-order valence-electron chi connectivity index (χ4n) is 2.81. The van der Waals surface area contributed by atoms with E-state index in [1.165, 1.54) is 24.3 Å². The Balaban J connectivity index is 1.89. The van der Waals surface area contributed by atoms with Crippen molar-refractivity contribution in [1.29, 1.82) is 0 Å². The monoisotopic (exact) mass is 524 g/mol. The molecule has 0 radical (unpaired) electrons. The van der Waals surface area contributed by atoms with Gasteiger partial charge in [-0.2, -0.15) is 0 Å². The molecular formula is C21H21BrN2O5S2. The third kappa shape index (κ3) is 5.57. The first-order valence-electron chi connectivity index (χ1n) is 9.26. The summed E-state index contributed by atoms with van der Waals surface area (Å²) in [5.74, 6) is 0.596. The van der Waals surface area contributed by atoms with E-state index in [2.05, 4.69) is 25.4 Å². The number of hydrogen-bond donors (Lipinski definition) is 2. The van der Waals surface area contributed by atoms with Crippen molar-refractivity contribution in [3.05, 3.63) is 76.8 Å². The largest absolute Gasteiger partial charge is 0.493 e. The van der Waals surface area contributed by atoms with Crippen molar-refractivity contribution in [2.75, 3.05) is 16.1 Å². The highest BCUT2D eigenvalue weighted by Gasteiger charge is 2.20. The molecule has 0 spiro atoms. The van der Waals surface area contributed by atoms with Crippen LogP contribution >= 0.6 is 15.9 Å². The number of hydrogen-bond acceptors (Lipinski definition) is 5. The number of anilines is 2. The zero-order valence-corrected chi connectivity index (χ0v) is 20.0. The highest BCUT2D eigenvalue weighted by molar-refractivity contribution is 9.10. The average molecular weight is 525 g/mol. The first-order chi connectivity index (χ1) is 14.6. The molecule has 0 saturated heterocycles. The van der Waals surface area contributed by atoms with E-state index in [1.807, 2.05) is 6.92 Å². The highest BCUT2D eigenvalue weighted by atomic mass is 79.9. The van der Waals surface area contributed by atoms with E-state index in [9.17, 15) is 16.8 Å². The quantitative estimate of drug-likeness (QED) is 0.442. The first-order valence-corrected chi connectivity index (χ1v) is 13.0. The van der Waals surface area contributed by atoms with Crippen molar-refractivity contribution in [3.63, 3.8) is 0 Å². The smallest absolute Gasteiger partial charge is 0.262 e. The van der Waals surface area contributed by atoms with Gasteiger partial charge < -0.3 is 4.74 Å². The van der Waals surface area contributed by atoms with Gasteiger partial charge in [0, 0.05) is 0 Å². The minimum atomic E-state index is -3.98. The summed E-state index contributed by atoms with van der Waals surface area (Å²) in [4.78, 5) is 0.0446. The molecule has 0 heterocycles. The summed E-state index contributed by atoms with van der Waals surface area (Å²) in [5, 5.41) is 0. The van der Waals surface area contributed by atoms with Crippen molar-refractivity contribution in [3.8, 4) is 5.75 Å². The van der Waals surface area contributed by atoms with E-state index in [-0.39, 0.29) is 15.5 Å². The van der Waals surface area contributed by atoms with Crippen LogP contribution < -0.4 is 14.2 Å². The van der Waals surface area contributed by atoms with Gasteiger partial charge in [-0.15, -0.1) is 0 Å². The molecule has 0 saturated carbocycles. The Labute approximate surface area is 190 Å². The summed E-state index contributed by atoms with van der Waals surface area (Å²) in [7, 11) is -7.82. The number of aryl methyl sites for hydroxylation is 1. The molecule has 0 aliphatic carbocycles. The lowest BCUT2D eigenvalue weighted by molar-refractivity contribution is 0.338. The SMILES string of the molecule is CCOc1ccc(NS(=O)(=O)c2cc(NS(=O)(=O)c3ccccc3)ccc2C)cc1Br. The zero-order valence-electron chi connectivity index (χ0n) is 16.8. The van der Waals surface area contributed by atoms with Gasteiger partial charge in [0.25, 0.3) is 20.0 Å². The maximum Gasteiger partial charge on any atom is 0.262 e. The first kappa shape index (κ1) is 23.1. The van der Waals surface area contributed by atoms with Crippen molar-refractivity contribution >= 4 is 47.4 Å². The Hall–Kier alpha value is -2.56. The van der Waals surface area contributed by atoms with Gasteiger partial charge in [-0.25, -0.2) is 16.8 Å². The van der Waals surface area contributed by atoms with Crippen molar-refractivity contribution in [2.45, 2.75) is 23.6 Å². The Morgan fingerprint density at radius 1 is 0.839 bits per heavy atom. The third-order valence-electron chi connectivity index (χ3n) is 4.27. The molecule has 2 N–H and O–H groups in total. The molecule has 31 heavy (non-hydrogen) atoms. The molecule has 3 aromatic rings. The van der Waals surface area contributed by atoms with Crippen LogP contribution in [0.3, 0.4) is 0 Å². The molecule has 0 aliphatic heterocycles. The molecule has 0 unspecified atom stereocenters. The van der Waals surface area contributed by atoms with Gasteiger partial charge in [0.05, 0.1) is 32.2 Å². The van der Waals surface area contributed by atoms with Gasteiger partial charge >= 0.3 is 0 Å². The van der Waals surface area contributed by atoms with E-state index in [0.717, 1.165) is 0 Å². The van der Waals surface area contributed by atoms with Gasteiger partial charge in [-0.3, -0.25) is 9.44 Å². The minimum absolute atomic E-state index is 0.0363. The van der Waals surface area contributed by atoms with Gasteiger partial charge in [-0.05, 0) is 77.8 Å². The van der Waals surface area contributed by atoms with Crippen LogP contribution in [0.4, 0.5) is 11.4 Å². The Bertz CT molecular complexity index is 1290. The molecule has 0 amide bonds. The van der Waals surface area contributed by atoms with Gasteiger partial charge in [0.15, 0.2) is 0 Å². The summed E-state index contributed by atoms with van der Waals surface area (Å²) in [6.45, 7) is 3.97. The molecule has 3 rings (SSSR count). The maximum absolute atomic E-state index is 13.0. The van der Waals surface area contributed by atoms with Gasteiger partial charge in [0.1, 0.15) is 5.75 Å². The molecule has 10 heteroatoms. The third-order valence-corrected chi connectivity index (χ3v) is 7.81. The standard InChI is InChI=1S/C21H21BrN2O5S2/c1-3-29-20-12-11-16(13-19(20)22)24-31(27,28)21-14-17(10-9-15(21)2)23-30(25,26)18-7-5-4-6-8-18/h4-14,23-24H,3H2,1-2H3. The van der Waals surface area contributed by atoms with Crippen LogP contribution in [-0.4, -0.2) is 23.4 Å². The molecule has 0 fully saturated rings. The normalized spacial score (nSPS) is 11.7. The molecule has 0 aromatic heterocycles. The topological polar surface area (TPSA) is 102 Å². The van der Waals surface area contributed by atoms with Crippen LogP contribution in [-0.2, 0) is 20.0 Å². The second-order valence-electron chi connectivity index (χ2n) is 6.58. The fourth-order valence-corrected chi connectivity index (χ4v) is 5.70. The van der Waals surface area contributed by atoms with Crippen molar-refractivity contribution in [1.82, 2.24) is 0 Å². The second kappa shape index (κ2) is 9.29. The summed E-state index contributed by atoms with van der Waals surface area (Å²) in [6, 6.07) is 17.0. The van der Waals surface area contributed by atoms with Gasteiger partial charge in [-0.1, -0.05) is 24.3 Å². The van der Waals surface area contributed by atoms with E-state index < -0.39 is 20.0 Å². The molecule has 3 aromatic carbocycles. The van der Waals surface area contributed by atoms with E-state index in [4.69, 9.17) is 4.74 Å². The number of nitrogens with one attached hydrogen (secondary N) is 2. The van der Waals surface area contributed by atoms with Crippen LogP contribution in [0.5, 0.6) is 5.75 Å². The minimum Gasteiger partial charge on any atom is -0.493 e. The van der Waals surface area contributed by atoms with Crippen LogP contribution in [0.15, 0.2) is 81.0 Å². The number of ether oxygens (including phenoxy) is 1. The second-order valence-corrected chi connectivity index (χ2v) is 10.8. The molecule has 0 bridgehead atoms. The van der Waals surface area contributed by atoms with E-state index in [0.29, 0.717) is 28.1 Å². The Kier molecular flexibility index (Phi) is 6.93. The fraction of sp³-hybridized carbons (Fsp3) is 0.143. The summed E-state index contributed by atoms with van der Waals surface area (Å²) in [5.41, 5.74) is 0.952. The predicted octanol–water partition coefficient (Wildman–Crippen LogP) is 4.76. The lowest BCUT2D eigenvalue weighted by atomic mass is 10.2.